The van der Waals surface area contributed by atoms with E-state index in [9.17, 15) is 4.79 Å². The van der Waals surface area contributed by atoms with Crippen molar-refractivity contribution in [2.24, 2.45) is 0 Å². The second-order valence-corrected chi connectivity index (χ2v) is 3.27. The lowest BCUT2D eigenvalue weighted by molar-refractivity contribution is -0.131. The minimum atomic E-state index is -0.899. The molecule has 0 aromatic carbocycles. The summed E-state index contributed by atoms with van der Waals surface area (Å²) >= 11 is 0. The van der Waals surface area contributed by atoms with Gasteiger partial charge in [0.1, 0.15) is 0 Å². The van der Waals surface area contributed by atoms with Crippen molar-refractivity contribution in [3.05, 3.63) is 11.6 Å². The van der Waals surface area contributed by atoms with Crippen LogP contribution in [0.3, 0.4) is 0 Å². The Kier molecular flexibility index (Phi) is 7.06. The molecule has 4 nitrogen and oxygen atoms in total. The molecule has 4 heteroatoms. The maximum Gasteiger partial charge on any atom is 0.328 e. The molecule has 14 heavy (non-hydrogen) atoms. The zero-order valence-corrected chi connectivity index (χ0v) is 9.04. The number of rotatable bonds is 7. The highest BCUT2D eigenvalue weighted by Gasteiger charge is 2.04. The van der Waals surface area contributed by atoms with Crippen molar-refractivity contribution < 1.29 is 14.6 Å². The van der Waals surface area contributed by atoms with E-state index in [1.54, 1.807) is 14.0 Å². The molecule has 0 radical (unpaired) electrons. The summed E-state index contributed by atoms with van der Waals surface area (Å²) < 4.78 is 5.01. The minimum absolute atomic E-state index is 0.289. The molecule has 0 aliphatic rings. The third-order valence-electron chi connectivity index (χ3n) is 1.90. The first kappa shape index (κ1) is 13.1. The molecule has 0 heterocycles. The Morgan fingerprint density at radius 1 is 1.64 bits per heavy atom. The predicted molar refractivity (Wildman–Crippen MR) is 55.4 cm³/mol. The predicted octanol–water partition coefficient (Wildman–Crippen LogP) is 1.03. The van der Waals surface area contributed by atoms with Gasteiger partial charge < -0.3 is 15.2 Å². The molecule has 0 spiro atoms. The van der Waals surface area contributed by atoms with Gasteiger partial charge in [0.05, 0.1) is 6.61 Å². The van der Waals surface area contributed by atoms with Crippen molar-refractivity contribution >= 4 is 5.97 Å². The number of carboxylic acid groups (broad SMARTS) is 1. The highest BCUT2D eigenvalue weighted by atomic mass is 16.5. The first-order valence-corrected chi connectivity index (χ1v) is 4.72. The maximum atomic E-state index is 10.3. The Balaban J connectivity index is 3.84. The Hall–Kier alpha value is -0.870. The van der Waals surface area contributed by atoms with Crippen molar-refractivity contribution in [3.63, 3.8) is 0 Å². The number of carboxylic acids is 1. The van der Waals surface area contributed by atoms with Gasteiger partial charge >= 0.3 is 5.97 Å². The first-order valence-electron chi connectivity index (χ1n) is 4.72. The standard InChI is InChI=1S/C10H19NO3/c1-4-9(7-14-3)11-6-8(2)5-10(12)13/h5,9,11H,4,6-7H2,1-3H3,(H,12,13). The SMILES string of the molecule is CCC(COC)NCC(C)=CC(=O)O. The number of aliphatic carboxylic acids is 1. The van der Waals surface area contributed by atoms with Crippen molar-refractivity contribution in [1.29, 1.82) is 0 Å². The monoisotopic (exact) mass is 201 g/mol. The lowest BCUT2D eigenvalue weighted by Gasteiger charge is -2.15. The van der Waals surface area contributed by atoms with Gasteiger partial charge in [-0.3, -0.25) is 0 Å². The van der Waals surface area contributed by atoms with E-state index in [1.165, 1.54) is 6.08 Å². The van der Waals surface area contributed by atoms with E-state index in [0.29, 0.717) is 13.2 Å². The molecular weight excluding hydrogens is 182 g/mol. The summed E-state index contributed by atoms with van der Waals surface area (Å²) in [4.78, 5) is 10.3. The van der Waals surface area contributed by atoms with E-state index in [1.807, 2.05) is 0 Å². The fourth-order valence-corrected chi connectivity index (χ4v) is 1.09. The van der Waals surface area contributed by atoms with Crippen LogP contribution in [0.1, 0.15) is 20.3 Å². The van der Waals surface area contributed by atoms with Crippen LogP contribution in [0.2, 0.25) is 0 Å². The van der Waals surface area contributed by atoms with Crippen LogP contribution in [-0.2, 0) is 9.53 Å². The molecule has 0 amide bonds. The van der Waals surface area contributed by atoms with Gasteiger partial charge in [0.25, 0.3) is 0 Å². The van der Waals surface area contributed by atoms with Crippen LogP contribution in [0, 0.1) is 0 Å². The molecule has 1 unspecified atom stereocenters. The molecule has 0 saturated heterocycles. The van der Waals surface area contributed by atoms with Gasteiger partial charge in [-0.15, -0.1) is 0 Å². The molecule has 0 rings (SSSR count). The van der Waals surface area contributed by atoms with Crippen LogP contribution < -0.4 is 5.32 Å². The van der Waals surface area contributed by atoms with Gasteiger partial charge in [0.2, 0.25) is 0 Å². The molecule has 0 aliphatic heterocycles. The first-order chi connectivity index (χ1) is 6.60. The number of hydrogen-bond acceptors (Lipinski definition) is 3. The number of hydrogen-bond donors (Lipinski definition) is 2. The van der Waals surface area contributed by atoms with Gasteiger partial charge in [-0.05, 0) is 13.3 Å². The lowest BCUT2D eigenvalue weighted by Crippen LogP contribution is -2.33. The van der Waals surface area contributed by atoms with Crippen LogP contribution in [0.25, 0.3) is 0 Å². The van der Waals surface area contributed by atoms with Gasteiger partial charge in [-0.1, -0.05) is 12.5 Å². The van der Waals surface area contributed by atoms with Gasteiger partial charge in [-0.2, -0.15) is 0 Å². The number of ether oxygens (including phenoxy) is 1. The second kappa shape index (κ2) is 7.53. The Bertz CT molecular complexity index is 202. The van der Waals surface area contributed by atoms with Crippen LogP contribution >= 0.6 is 0 Å². The minimum Gasteiger partial charge on any atom is -0.478 e. The van der Waals surface area contributed by atoms with Crippen molar-refractivity contribution in [1.82, 2.24) is 5.32 Å². The summed E-state index contributed by atoms with van der Waals surface area (Å²) in [6.07, 6.45) is 2.18. The summed E-state index contributed by atoms with van der Waals surface area (Å²) in [5, 5.41) is 11.7. The Morgan fingerprint density at radius 3 is 2.71 bits per heavy atom. The number of carbonyl (C=O) groups is 1. The van der Waals surface area contributed by atoms with Crippen LogP contribution in [0.15, 0.2) is 11.6 Å². The average Bonchev–Trinajstić information content (AvgIpc) is 2.11. The number of nitrogens with one attached hydrogen (secondary N) is 1. The summed E-state index contributed by atoms with van der Waals surface area (Å²) in [7, 11) is 1.66. The molecule has 0 aliphatic carbocycles. The molecule has 0 fully saturated rings. The normalized spacial score (nSPS) is 14.1. The van der Waals surface area contributed by atoms with Gasteiger partial charge in [0.15, 0.2) is 0 Å². The summed E-state index contributed by atoms with van der Waals surface area (Å²) in [6.45, 7) is 5.10. The van der Waals surface area contributed by atoms with Crippen LogP contribution in [0.4, 0.5) is 0 Å². The smallest absolute Gasteiger partial charge is 0.328 e. The quantitative estimate of drug-likeness (QED) is 0.604. The van der Waals surface area contributed by atoms with Crippen LogP contribution in [-0.4, -0.2) is 37.4 Å². The van der Waals surface area contributed by atoms with Crippen molar-refractivity contribution in [2.45, 2.75) is 26.3 Å². The highest BCUT2D eigenvalue weighted by Crippen LogP contribution is 1.95. The van der Waals surface area contributed by atoms with E-state index < -0.39 is 5.97 Å². The van der Waals surface area contributed by atoms with E-state index >= 15 is 0 Å². The molecule has 0 saturated carbocycles. The average molecular weight is 201 g/mol. The molecular formula is C10H19NO3. The molecule has 0 bridgehead atoms. The third-order valence-corrected chi connectivity index (χ3v) is 1.90. The highest BCUT2D eigenvalue weighted by molar-refractivity contribution is 5.80. The van der Waals surface area contributed by atoms with Gasteiger partial charge in [0, 0.05) is 25.8 Å². The zero-order chi connectivity index (χ0) is 11.0. The van der Waals surface area contributed by atoms with E-state index in [-0.39, 0.29) is 6.04 Å². The van der Waals surface area contributed by atoms with Gasteiger partial charge in [-0.25, -0.2) is 4.79 Å². The summed E-state index contributed by atoms with van der Waals surface area (Å²) in [6, 6.07) is 0.289. The molecule has 0 aromatic heterocycles. The summed E-state index contributed by atoms with van der Waals surface area (Å²) in [5.41, 5.74) is 0.812. The maximum absolute atomic E-state index is 10.3. The third kappa shape index (κ3) is 6.62. The number of methoxy groups -OCH3 is 1. The van der Waals surface area contributed by atoms with E-state index in [0.717, 1.165) is 12.0 Å². The Labute approximate surface area is 85.0 Å². The summed E-state index contributed by atoms with van der Waals surface area (Å²) in [5.74, 6) is -0.899. The second-order valence-electron chi connectivity index (χ2n) is 3.27. The van der Waals surface area contributed by atoms with Crippen molar-refractivity contribution in [2.75, 3.05) is 20.3 Å². The Morgan fingerprint density at radius 2 is 2.29 bits per heavy atom. The van der Waals surface area contributed by atoms with E-state index in [4.69, 9.17) is 9.84 Å². The largest absolute Gasteiger partial charge is 0.478 e. The topological polar surface area (TPSA) is 58.6 Å². The fourth-order valence-electron chi connectivity index (χ4n) is 1.09. The molecule has 1 atom stereocenters. The fraction of sp³-hybridized carbons (Fsp3) is 0.700. The molecule has 82 valence electrons. The molecule has 0 aromatic rings. The zero-order valence-electron chi connectivity index (χ0n) is 9.04. The molecule has 2 N–H and O–H groups in total. The lowest BCUT2D eigenvalue weighted by atomic mass is 10.2. The van der Waals surface area contributed by atoms with Crippen LogP contribution in [0.5, 0.6) is 0 Å². The van der Waals surface area contributed by atoms with Crippen molar-refractivity contribution in [3.8, 4) is 0 Å². The van der Waals surface area contributed by atoms with E-state index in [2.05, 4.69) is 12.2 Å².